The van der Waals surface area contributed by atoms with E-state index in [1.807, 2.05) is 29.6 Å². The second-order valence-corrected chi connectivity index (χ2v) is 7.82. The average molecular weight is 386 g/mol. The molecule has 0 bridgehead atoms. The van der Waals surface area contributed by atoms with Gasteiger partial charge in [-0.1, -0.05) is 6.07 Å². The number of nitrogens with one attached hydrogen (secondary N) is 2. The molecular weight excluding hydrogens is 364 g/mol. The van der Waals surface area contributed by atoms with Crippen LogP contribution in [0, 0.1) is 0 Å². The highest BCUT2D eigenvalue weighted by Crippen LogP contribution is 2.47. The molecule has 7 heteroatoms. The minimum absolute atomic E-state index is 0.0881. The lowest BCUT2D eigenvalue weighted by molar-refractivity contribution is -0.116. The predicted octanol–water partition coefficient (Wildman–Crippen LogP) is 3.94. The van der Waals surface area contributed by atoms with E-state index in [4.69, 9.17) is 9.47 Å². The fourth-order valence-corrected chi connectivity index (χ4v) is 4.10. The van der Waals surface area contributed by atoms with E-state index in [9.17, 15) is 9.59 Å². The van der Waals surface area contributed by atoms with Gasteiger partial charge in [0, 0.05) is 37.6 Å². The number of ether oxygens (including phenoxy) is 2. The SMILES string of the molecule is O=C(CCCNC(=O)c1cccs1)Nc1ccc2c(c1)OC1(CCCC1)O2. The summed E-state index contributed by atoms with van der Waals surface area (Å²) in [6.07, 6.45) is 4.95. The van der Waals surface area contributed by atoms with Gasteiger partial charge in [-0.2, -0.15) is 0 Å². The average Bonchev–Trinajstić information content (AvgIpc) is 3.39. The molecular formula is C20H22N2O4S. The molecule has 1 aromatic carbocycles. The Morgan fingerprint density at radius 3 is 2.70 bits per heavy atom. The first-order chi connectivity index (χ1) is 13.1. The number of hydrogen-bond donors (Lipinski definition) is 2. The van der Waals surface area contributed by atoms with E-state index in [2.05, 4.69) is 10.6 Å². The van der Waals surface area contributed by atoms with Crippen molar-refractivity contribution in [1.82, 2.24) is 5.32 Å². The van der Waals surface area contributed by atoms with Crippen LogP contribution in [0.4, 0.5) is 5.69 Å². The summed E-state index contributed by atoms with van der Waals surface area (Å²) in [5, 5.41) is 7.57. The van der Waals surface area contributed by atoms with Crippen LogP contribution in [0.3, 0.4) is 0 Å². The summed E-state index contributed by atoms with van der Waals surface area (Å²) < 4.78 is 12.0. The number of anilines is 1. The lowest BCUT2D eigenvalue weighted by Gasteiger charge is -2.21. The highest BCUT2D eigenvalue weighted by molar-refractivity contribution is 7.12. The van der Waals surface area contributed by atoms with E-state index >= 15 is 0 Å². The zero-order valence-electron chi connectivity index (χ0n) is 15.0. The maximum atomic E-state index is 12.1. The fraction of sp³-hybridized carbons (Fsp3) is 0.400. The summed E-state index contributed by atoms with van der Waals surface area (Å²) in [7, 11) is 0. The van der Waals surface area contributed by atoms with Crippen molar-refractivity contribution in [2.45, 2.75) is 44.3 Å². The van der Waals surface area contributed by atoms with Crippen LogP contribution in [-0.2, 0) is 4.79 Å². The molecule has 0 saturated heterocycles. The van der Waals surface area contributed by atoms with Crippen molar-refractivity contribution in [3.05, 3.63) is 40.6 Å². The topological polar surface area (TPSA) is 76.7 Å². The highest BCUT2D eigenvalue weighted by Gasteiger charge is 2.44. The molecule has 1 aromatic heterocycles. The largest absolute Gasteiger partial charge is 0.448 e. The summed E-state index contributed by atoms with van der Waals surface area (Å²) in [4.78, 5) is 24.7. The van der Waals surface area contributed by atoms with Crippen molar-refractivity contribution in [3.63, 3.8) is 0 Å². The van der Waals surface area contributed by atoms with Crippen LogP contribution in [0.25, 0.3) is 0 Å². The van der Waals surface area contributed by atoms with Gasteiger partial charge in [0.05, 0.1) is 4.88 Å². The molecule has 1 aliphatic carbocycles. The van der Waals surface area contributed by atoms with E-state index in [-0.39, 0.29) is 11.8 Å². The molecule has 2 amide bonds. The minimum Gasteiger partial charge on any atom is -0.448 e. The lowest BCUT2D eigenvalue weighted by atomic mass is 10.2. The fourth-order valence-electron chi connectivity index (χ4n) is 3.46. The van der Waals surface area contributed by atoms with Crippen molar-refractivity contribution >= 4 is 28.8 Å². The van der Waals surface area contributed by atoms with E-state index < -0.39 is 5.79 Å². The maximum absolute atomic E-state index is 12.1. The monoisotopic (exact) mass is 386 g/mol. The molecule has 1 saturated carbocycles. The first-order valence-corrected chi connectivity index (χ1v) is 10.2. The molecule has 0 unspecified atom stereocenters. The third-order valence-corrected chi connectivity index (χ3v) is 5.66. The van der Waals surface area contributed by atoms with Gasteiger partial charge in [0.2, 0.25) is 5.91 Å². The van der Waals surface area contributed by atoms with E-state index in [1.54, 1.807) is 6.07 Å². The molecule has 1 spiro atoms. The van der Waals surface area contributed by atoms with Crippen LogP contribution >= 0.6 is 11.3 Å². The zero-order chi connectivity index (χ0) is 18.7. The van der Waals surface area contributed by atoms with Crippen LogP contribution in [0.15, 0.2) is 35.7 Å². The van der Waals surface area contributed by atoms with Crippen molar-refractivity contribution in [2.75, 3.05) is 11.9 Å². The number of carbonyl (C=O) groups excluding carboxylic acids is 2. The van der Waals surface area contributed by atoms with Gasteiger partial charge in [0.1, 0.15) is 0 Å². The van der Waals surface area contributed by atoms with Crippen LogP contribution in [0.1, 0.15) is 48.2 Å². The third kappa shape index (κ3) is 4.08. The molecule has 2 aliphatic rings. The first-order valence-electron chi connectivity index (χ1n) is 9.27. The molecule has 4 rings (SSSR count). The number of fused-ring (bicyclic) bond motifs is 1. The van der Waals surface area contributed by atoms with Gasteiger partial charge in [0.25, 0.3) is 11.7 Å². The van der Waals surface area contributed by atoms with Crippen molar-refractivity contribution in [3.8, 4) is 11.5 Å². The molecule has 2 N–H and O–H groups in total. The summed E-state index contributed by atoms with van der Waals surface area (Å²) in [5.41, 5.74) is 0.694. The Kier molecular flexibility index (Phi) is 5.03. The minimum atomic E-state index is -0.494. The maximum Gasteiger partial charge on any atom is 0.261 e. The van der Waals surface area contributed by atoms with Crippen LogP contribution in [0.5, 0.6) is 11.5 Å². The highest BCUT2D eigenvalue weighted by atomic mass is 32.1. The van der Waals surface area contributed by atoms with Gasteiger partial charge in [-0.15, -0.1) is 11.3 Å². The third-order valence-electron chi connectivity index (χ3n) is 4.80. The van der Waals surface area contributed by atoms with E-state index in [0.29, 0.717) is 35.7 Å². The quantitative estimate of drug-likeness (QED) is 0.738. The van der Waals surface area contributed by atoms with Crippen molar-refractivity contribution in [2.24, 2.45) is 0 Å². The number of benzene rings is 1. The van der Waals surface area contributed by atoms with Gasteiger partial charge in [-0.05, 0) is 42.8 Å². The molecule has 2 heterocycles. The van der Waals surface area contributed by atoms with Gasteiger partial charge in [0.15, 0.2) is 11.5 Å². The smallest absolute Gasteiger partial charge is 0.261 e. The van der Waals surface area contributed by atoms with Crippen LogP contribution in [0.2, 0.25) is 0 Å². The van der Waals surface area contributed by atoms with Gasteiger partial charge in [-0.3, -0.25) is 9.59 Å². The Bertz CT molecular complexity index is 829. The standard InChI is InChI=1S/C20H22N2O4S/c23-18(6-3-11-21-19(24)17-5-4-12-27-17)22-14-7-8-15-16(13-14)26-20(25-15)9-1-2-10-20/h4-5,7-8,12-13H,1-3,6,9-11H2,(H,21,24)(H,22,23). The Labute approximate surface area is 161 Å². The van der Waals surface area contributed by atoms with Gasteiger partial charge in [-0.25, -0.2) is 0 Å². The molecule has 1 aliphatic heterocycles. The van der Waals surface area contributed by atoms with Gasteiger partial charge >= 0.3 is 0 Å². The first kappa shape index (κ1) is 17.9. The van der Waals surface area contributed by atoms with Gasteiger partial charge < -0.3 is 20.1 Å². The molecule has 1 fully saturated rings. The Morgan fingerprint density at radius 1 is 1.11 bits per heavy atom. The summed E-state index contributed by atoms with van der Waals surface area (Å²) in [6, 6.07) is 9.11. The second kappa shape index (κ2) is 7.60. The van der Waals surface area contributed by atoms with Crippen LogP contribution in [-0.4, -0.2) is 24.1 Å². The van der Waals surface area contributed by atoms with Crippen molar-refractivity contribution in [1.29, 1.82) is 0 Å². The number of hydrogen-bond acceptors (Lipinski definition) is 5. The molecule has 6 nitrogen and oxygen atoms in total. The summed E-state index contributed by atoms with van der Waals surface area (Å²) >= 11 is 1.40. The second-order valence-electron chi connectivity index (χ2n) is 6.87. The number of carbonyl (C=O) groups is 2. The van der Waals surface area contributed by atoms with E-state index in [1.165, 1.54) is 11.3 Å². The predicted molar refractivity (Wildman–Crippen MR) is 103 cm³/mol. The van der Waals surface area contributed by atoms with Crippen molar-refractivity contribution < 1.29 is 19.1 Å². The number of rotatable bonds is 6. The van der Waals surface area contributed by atoms with Crippen LogP contribution < -0.4 is 20.1 Å². The zero-order valence-corrected chi connectivity index (χ0v) is 15.8. The summed E-state index contributed by atoms with van der Waals surface area (Å²) in [5.74, 6) is 0.757. The molecule has 0 radical (unpaired) electrons. The Hall–Kier alpha value is -2.54. The molecule has 2 aromatic rings. The summed E-state index contributed by atoms with van der Waals surface area (Å²) in [6.45, 7) is 0.466. The molecule has 0 atom stereocenters. The Morgan fingerprint density at radius 2 is 1.93 bits per heavy atom. The number of amides is 2. The normalized spacial score (nSPS) is 16.4. The molecule has 142 valence electrons. The lowest BCUT2D eigenvalue weighted by Crippen LogP contribution is -2.34. The molecule has 27 heavy (non-hydrogen) atoms. The Balaban J connectivity index is 1.23. The van der Waals surface area contributed by atoms with E-state index in [0.717, 1.165) is 31.4 Å². The number of thiophene rings is 1.